The molecule has 0 spiro atoms. The molecule has 3 aromatic carbocycles. The van der Waals surface area contributed by atoms with Crippen LogP contribution in [0.5, 0.6) is 0 Å². The minimum absolute atomic E-state index is 0.101. The number of hydrogen-bond donors (Lipinski definition) is 1. The number of halogens is 2. The highest BCUT2D eigenvalue weighted by molar-refractivity contribution is 6.33. The average Bonchev–Trinajstić information content (AvgIpc) is 2.79. The first-order chi connectivity index (χ1) is 15.0. The van der Waals surface area contributed by atoms with E-state index in [4.69, 9.17) is 21.6 Å². The van der Waals surface area contributed by atoms with Gasteiger partial charge in [0.1, 0.15) is 12.4 Å². The summed E-state index contributed by atoms with van der Waals surface area (Å²) in [6.07, 6.45) is -0.167. The van der Waals surface area contributed by atoms with Gasteiger partial charge in [0.25, 0.3) is 5.91 Å². The van der Waals surface area contributed by atoms with E-state index in [9.17, 15) is 14.0 Å². The number of hydrogen-bond acceptors (Lipinski definition) is 4. The SMILES string of the molecule is N#Cc1ccc(F)c(COC(=O)CC(NC(=O)c2ccccc2Cl)c2ccccc2)c1. The number of benzene rings is 3. The molecular formula is C24H18ClFN2O3. The van der Waals surface area contributed by atoms with Crippen molar-refractivity contribution in [2.45, 2.75) is 19.1 Å². The van der Waals surface area contributed by atoms with Crippen LogP contribution in [-0.2, 0) is 16.1 Å². The molecular weight excluding hydrogens is 419 g/mol. The minimum atomic E-state index is -0.673. The Balaban J connectivity index is 1.72. The number of nitriles is 1. The number of carbonyl (C=O) groups is 2. The van der Waals surface area contributed by atoms with Gasteiger partial charge in [0.15, 0.2) is 0 Å². The highest BCUT2D eigenvalue weighted by atomic mass is 35.5. The van der Waals surface area contributed by atoms with Crippen molar-refractivity contribution in [3.63, 3.8) is 0 Å². The summed E-state index contributed by atoms with van der Waals surface area (Å²) in [5.41, 5.74) is 1.36. The van der Waals surface area contributed by atoms with Crippen LogP contribution in [0.15, 0.2) is 72.8 Å². The zero-order valence-corrected chi connectivity index (χ0v) is 17.1. The van der Waals surface area contributed by atoms with E-state index in [-0.39, 0.29) is 29.7 Å². The Hall–Kier alpha value is -3.69. The molecule has 1 atom stereocenters. The number of carbonyl (C=O) groups excluding carboxylic acids is 2. The number of esters is 1. The molecule has 5 nitrogen and oxygen atoms in total. The van der Waals surface area contributed by atoms with Gasteiger partial charge >= 0.3 is 5.97 Å². The van der Waals surface area contributed by atoms with Gasteiger partial charge in [-0.25, -0.2) is 4.39 Å². The van der Waals surface area contributed by atoms with E-state index in [0.717, 1.165) is 6.07 Å². The molecule has 7 heteroatoms. The molecule has 3 aromatic rings. The van der Waals surface area contributed by atoms with Gasteiger partial charge in [-0.3, -0.25) is 9.59 Å². The molecule has 1 N–H and O–H groups in total. The van der Waals surface area contributed by atoms with Gasteiger partial charge in [-0.15, -0.1) is 0 Å². The van der Waals surface area contributed by atoms with E-state index in [2.05, 4.69) is 5.32 Å². The molecule has 0 saturated carbocycles. The van der Waals surface area contributed by atoms with E-state index < -0.39 is 23.7 Å². The Morgan fingerprint density at radius 3 is 2.48 bits per heavy atom. The largest absolute Gasteiger partial charge is 0.461 e. The predicted molar refractivity (Wildman–Crippen MR) is 114 cm³/mol. The van der Waals surface area contributed by atoms with Crippen LogP contribution >= 0.6 is 11.6 Å². The number of nitrogens with one attached hydrogen (secondary N) is 1. The second-order valence-electron chi connectivity index (χ2n) is 6.70. The zero-order chi connectivity index (χ0) is 22.2. The maximum absolute atomic E-state index is 13.9. The molecule has 0 aliphatic heterocycles. The van der Waals surface area contributed by atoms with Crippen LogP contribution in [0.3, 0.4) is 0 Å². The number of rotatable bonds is 7. The van der Waals surface area contributed by atoms with E-state index in [1.165, 1.54) is 12.1 Å². The van der Waals surface area contributed by atoms with E-state index in [1.807, 2.05) is 12.1 Å². The van der Waals surface area contributed by atoms with Crippen LogP contribution < -0.4 is 5.32 Å². The molecule has 31 heavy (non-hydrogen) atoms. The third-order valence-corrected chi connectivity index (χ3v) is 4.89. The Kier molecular flexibility index (Phi) is 7.36. The quantitative estimate of drug-likeness (QED) is 0.531. The highest BCUT2D eigenvalue weighted by Crippen LogP contribution is 2.21. The summed E-state index contributed by atoms with van der Waals surface area (Å²) in [5, 5.41) is 12.0. The Morgan fingerprint density at radius 2 is 1.77 bits per heavy atom. The topological polar surface area (TPSA) is 79.2 Å². The number of amides is 1. The van der Waals surface area contributed by atoms with Gasteiger partial charge in [0, 0.05) is 5.56 Å². The fourth-order valence-corrected chi connectivity index (χ4v) is 3.18. The molecule has 156 valence electrons. The van der Waals surface area contributed by atoms with Gasteiger partial charge in [-0.2, -0.15) is 5.26 Å². The molecule has 1 amide bonds. The van der Waals surface area contributed by atoms with Crippen LogP contribution in [0.1, 0.15) is 39.5 Å². The van der Waals surface area contributed by atoms with Gasteiger partial charge in [0.2, 0.25) is 0 Å². The fourth-order valence-electron chi connectivity index (χ4n) is 2.96. The lowest BCUT2D eigenvalue weighted by Gasteiger charge is -2.19. The third-order valence-electron chi connectivity index (χ3n) is 4.56. The molecule has 0 heterocycles. The van der Waals surface area contributed by atoms with E-state index in [1.54, 1.807) is 48.5 Å². The Bertz CT molecular complexity index is 1130. The van der Waals surface area contributed by atoms with Gasteiger partial charge < -0.3 is 10.1 Å². The molecule has 0 bridgehead atoms. The van der Waals surface area contributed by atoms with Crippen molar-refractivity contribution in [3.8, 4) is 6.07 Å². The molecule has 0 saturated heterocycles. The molecule has 0 aromatic heterocycles. The lowest BCUT2D eigenvalue weighted by atomic mass is 10.0. The molecule has 1 unspecified atom stereocenters. The van der Waals surface area contributed by atoms with E-state index in [0.29, 0.717) is 10.6 Å². The van der Waals surface area contributed by atoms with Gasteiger partial charge in [-0.05, 0) is 35.9 Å². The highest BCUT2D eigenvalue weighted by Gasteiger charge is 2.21. The summed E-state index contributed by atoms with van der Waals surface area (Å²) in [7, 11) is 0. The van der Waals surface area contributed by atoms with Crippen molar-refractivity contribution in [1.29, 1.82) is 5.26 Å². The molecule has 0 aliphatic rings. The van der Waals surface area contributed by atoms with Crippen molar-refractivity contribution >= 4 is 23.5 Å². The summed E-state index contributed by atoms with van der Waals surface area (Å²) >= 11 is 6.10. The van der Waals surface area contributed by atoms with Gasteiger partial charge in [0.05, 0.1) is 34.7 Å². The smallest absolute Gasteiger partial charge is 0.308 e. The standard InChI is InChI=1S/C24H18ClFN2O3/c25-20-9-5-4-8-19(20)24(30)28-22(17-6-2-1-3-7-17)13-23(29)31-15-18-12-16(14-27)10-11-21(18)26/h1-12,22H,13,15H2,(H,28,30). The second-order valence-corrected chi connectivity index (χ2v) is 7.11. The summed E-state index contributed by atoms with van der Waals surface area (Å²) in [5.74, 6) is -1.63. The maximum Gasteiger partial charge on any atom is 0.308 e. The van der Waals surface area contributed by atoms with Gasteiger partial charge in [-0.1, -0.05) is 54.1 Å². The lowest BCUT2D eigenvalue weighted by Crippen LogP contribution is -2.30. The molecule has 3 rings (SSSR count). The van der Waals surface area contributed by atoms with Crippen molar-refractivity contribution in [1.82, 2.24) is 5.32 Å². The van der Waals surface area contributed by atoms with Crippen molar-refractivity contribution in [2.24, 2.45) is 0 Å². The van der Waals surface area contributed by atoms with Crippen molar-refractivity contribution in [3.05, 3.63) is 106 Å². The van der Waals surface area contributed by atoms with Crippen LogP contribution in [0, 0.1) is 17.1 Å². The van der Waals surface area contributed by atoms with Crippen molar-refractivity contribution < 1.29 is 18.7 Å². The first-order valence-corrected chi connectivity index (χ1v) is 9.80. The Morgan fingerprint density at radius 1 is 1.06 bits per heavy atom. The van der Waals surface area contributed by atoms with Crippen molar-refractivity contribution in [2.75, 3.05) is 0 Å². The third kappa shape index (κ3) is 5.91. The van der Waals surface area contributed by atoms with Crippen LogP contribution in [0.25, 0.3) is 0 Å². The summed E-state index contributed by atoms with van der Waals surface area (Å²) in [4.78, 5) is 25.2. The first kappa shape index (κ1) is 22.0. The van der Waals surface area contributed by atoms with Crippen LogP contribution in [0.4, 0.5) is 4.39 Å². The Labute approximate surface area is 184 Å². The normalized spacial score (nSPS) is 11.3. The first-order valence-electron chi connectivity index (χ1n) is 9.42. The minimum Gasteiger partial charge on any atom is -0.461 e. The molecule has 0 fully saturated rings. The summed E-state index contributed by atoms with van der Waals surface area (Å²) in [6, 6.07) is 20.6. The fraction of sp³-hybridized carbons (Fsp3) is 0.125. The predicted octanol–water partition coefficient (Wildman–Crippen LogP) is 4.96. The van der Waals surface area contributed by atoms with E-state index >= 15 is 0 Å². The summed E-state index contributed by atoms with van der Waals surface area (Å²) < 4.78 is 19.1. The average molecular weight is 437 g/mol. The number of ether oxygens (including phenoxy) is 1. The summed E-state index contributed by atoms with van der Waals surface area (Å²) in [6.45, 7) is -0.319. The number of nitrogens with zero attached hydrogens (tertiary/aromatic N) is 1. The monoisotopic (exact) mass is 436 g/mol. The van der Waals surface area contributed by atoms with Crippen LogP contribution in [0.2, 0.25) is 5.02 Å². The maximum atomic E-state index is 13.9. The van der Waals surface area contributed by atoms with Crippen LogP contribution in [-0.4, -0.2) is 11.9 Å². The molecule has 0 radical (unpaired) electrons. The zero-order valence-electron chi connectivity index (χ0n) is 16.3. The lowest BCUT2D eigenvalue weighted by molar-refractivity contribution is -0.145. The molecule has 0 aliphatic carbocycles. The second kappa shape index (κ2) is 10.4.